The van der Waals surface area contributed by atoms with Gasteiger partial charge < -0.3 is 25.9 Å². The quantitative estimate of drug-likeness (QED) is 0.309. The summed E-state index contributed by atoms with van der Waals surface area (Å²) in [4.78, 5) is 46.1. The van der Waals surface area contributed by atoms with Crippen LogP contribution in [0.15, 0.2) is 46.4 Å². The molecule has 1 amide bonds. The van der Waals surface area contributed by atoms with E-state index in [4.69, 9.17) is 10.6 Å². The van der Waals surface area contributed by atoms with Crippen molar-refractivity contribution in [2.45, 2.75) is 37.7 Å². The van der Waals surface area contributed by atoms with Crippen LogP contribution in [0.25, 0.3) is 0 Å². The number of fused-ring (bicyclic) bond motifs is 3. The largest absolute Gasteiger partial charge is 0.392 e. The van der Waals surface area contributed by atoms with Crippen LogP contribution in [0.2, 0.25) is 0 Å². The Bertz CT molecular complexity index is 1130. The second-order valence-corrected chi connectivity index (χ2v) is 10.1. The molecule has 4 aliphatic carbocycles. The highest BCUT2D eigenvalue weighted by atomic mass is 16.7. The third kappa shape index (κ3) is 2.44. The first-order valence-electron chi connectivity index (χ1n) is 10.8. The molecule has 1 heterocycles. The molecule has 10 nitrogen and oxygen atoms in total. The molecule has 6 N–H and O–H groups in total. The van der Waals surface area contributed by atoms with E-state index in [1.165, 1.54) is 4.90 Å². The van der Waals surface area contributed by atoms with Crippen molar-refractivity contribution in [3.8, 4) is 0 Å². The monoisotopic (exact) mass is 457 g/mol. The molecule has 3 unspecified atom stereocenters. The van der Waals surface area contributed by atoms with Crippen molar-refractivity contribution in [2.75, 3.05) is 14.1 Å². The molecule has 0 saturated heterocycles. The number of rotatable bonds is 2. The van der Waals surface area contributed by atoms with Crippen LogP contribution >= 0.6 is 0 Å². The third-order valence-corrected chi connectivity index (χ3v) is 7.91. The summed E-state index contributed by atoms with van der Waals surface area (Å²) in [6.45, 7) is 3.79. The van der Waals surface area contributed by atoms with Gasteiger partial charge in [-0.1, -0.05) is 32.1 Å². The number of hydrogen-bond acceptors (Lipinski definition) is 9. The zero-order valence-electron chi connectivity index (χ0n) is 18.7. The van der Waals surface area contributed by atoms with E-state index in [0.29, 0.717) is 11.1 Å². The fourth-order valence-electron chi connectivity index (χ4n) is 6.52. The number of likely N-dealkylation sites (N-methyl/N-ethyl adjacent to an activating group) is 1. The lowest BCUT2D eigenvalue weighted by Crippen LogP contribution is -2.74. The van der Waals surface area contributed by atoms with Crippen LogP contribution in [-0.2, 0) is 19.2 Å². The van der Waals surface area contributed by atoms with Gasteiger partial charge in [0.15, 0.2) is 28.8 Å². The maximum Gasteiger partial charge on any atom is 0.235 e. The van der Waals surface area contributed by atoms with E-state index < -0.39 is 64.5 Å². The number of allylic oxidation sites excluding steroid dienone is 3. The average Bonchev–Trinajstić information content (AvgIpc) is 3.14. The molecule has 5 rings (SSSR count). The maximum absolute atomic E-state index is 13.5. The van der Waals surface area contributed by atoms with E-state index in [9.17, 15) is 29.7 Å². The van der Waals surface area contributed by atoms with E-state index in [0.717, 1.165) is 5.57 Å². The number of nitrogens with two attached hydrogens (primary N) is 1. The lowest BCUT2D eigenvalue weighted by atomic mass is 9.50. The number of nitrogens with zero attached hydrogens (tertiary/aromatic N) is 1. The molecule has 0 aromatic rings. The molecule has 10 heteroatoms. The fourth-order valence-corrected chi connectivity index (χ4v) is 6.52. The summed E-state index contributed by atoms with van der Waals surface area (Å²) in [6, 6.07) is -1.16. The fraction of sp³-hybridized carbons (Fsp3) is 0.522. The van der Waals surface area contributed by atoms with E-state index >= 15 is 0 Å². The third-order valence-electron chi connectivity index (χ3n) is 7.91. The number of amides is 1. The highest BCUT2D eigenvalue weighted by molar-refractivity contribution is 6.24. The van der Waals surface area contributed by atoms with Crippen molar-refractivity contribution < 1.29 is 34.5 Å². The highest BCUT2D eigenvalue weighted by Gasteiger charge is 2.71. The van der Waals surface area contributed by atoms with Crippen molar-refractivity contribution in [3.05, 3.63) is 46.4 Å². The van der Waals surface area contributed by atoms with Crippen LogP contribution in [0.4, 0.5) is 0 Å². The number of Topliss-reactive ketones (excluding diaryl/α,β-unsaturated/α-hetero) is 2. The summed E-state index contributed by atoms with van der Waals surface area (Å²) in [7, 11) is 3.15. The first-order chi connectivity index (χ1) is 15.4. The van der Waals surface area contributed by atoms with E-state index in [-0.39, 0.29) is 11.5 Å². The van der Waals surface area contributed by atoms with E-state index in [1.807, 2.05) is 19.9 Å². The molecule has 0 aromatic heterocycles. The summed E-state index contributed by atoms with van der Waals surface area (Å²) >= 11 is 0. The Hall–Kier alpha value is -2.79. The summed E-state index contributed by atoms with van der Waals surface area (Å²) in [5.41, 5.74) is 6.42. The number of aliphatic hydroxyl groups is 3. The lowest BCUT2D eigenvalue weighted by Gasteiger charge is -2.56. The van der Waals surface area contributed by atoms with Gasteiger partial charge in [0.25, 0.3) is 0 Å². The van der Waals surface area contributed by atoms with Gasteiger partial charge in [-0.05, 0) is 25.1 Å². The molecular weight excluding hydrogens is 430 g/mol. The van der Waals surface area contributed by atoms with E-state index in [1.54, 1.807) is 26.2 Å². The molecule has 7 atom stereocenters. The molecule has 33 heavy (non-hydrogen) atoms. The van der Waals surface area contributed by atoms with Gasteiger partial charge in [0.05, 0.1) is 23.8 Å². The van der Waals surface area contributed by atoms with Gasteiger partial charge in [0, 0.05) is 17.1 Å². The normalized spacial score (nSPS) is 40.7. The SMILES string of the molecule is CN(C)C1C(=O)C(C(N)=O)C(=O)[C@@]2(O)C3=C4C(=C5C(=CC=CC5O)C(C)(C)[C@H]4[C@H](O)[C@@H]12)ON3. The van der Waals surface area contributed by atoms with Gasteiger partial charge in [0.2, 0.25) is 5.91 Å². The summed E-state index contributed by atoms with van der Waals surface area (Å²) in [6.07, 6.45) is 2.79. The standard InChI is InChI=1S/C23H27N3O7/c1-22(2)8-6-5-7-9(27)10(8)18-11-13(22)17(29)14-15(26(3)4)16(28)12(21(24)31)20(30)23(14,32)19(11)25-33-18/h5-7,9,12-15,17,25,27,29,32H,1-4H3,(H2,24,31)/t9?,12?,13-,14-,15?,17+,23+/m1/s1. The number of primary amides is 1. The topological polar surface area (TPSA) is 162 Å². The molecule has 176 valence electrons. The number of hydroxylamine groups is 1. The van der Waals surface area contributed by atoms with Gasteiger partial charge in [-0.15, -0.1) is 0 Å². The van der Waals surface area contributed by atoms with Crippen molar-refractivity contribution in [2.24, 2.45) is 28.9 Å². The van der Waals surface area contributed by atoms with Crippen LogP contribution in [0.1, 0.15) is 13.8 Å². The van der Waals surface area contributed by atoms with E-state index in [2.05, 4.69) is 5.48 Å². The number of ketones is 2. The van der Waals surface area contributed by atoms with Crippen LogP contribution in [-0.4, -0.2) is 75.6 Å². The Morgan fingerprint density at radius 1 is 1.21 bits per heavy atom. The van der Waals surface area contributed by atoms with Crippen molar-refractivity contribution >= 4 is 17.5 Å². The minimum atomic E-state index is -2.43. The van der Waals surface area contributed by atoms with Crippen molar-refractivity contribution in [3.63, 3.8) is 0 Å². The molecule has 0 spiro atoms. The smallest absolute Gasteiger partial charge is 0.235 e. The highest BCUT2D eigenvalue weighted by Crippen LogP contribution is 2.61. The van der Waals surface area contributed by atoms with Gasteiger partial charge in [-0.2, -0.15) is 0 Å². The number of carbonyl (C=O) groups excluding carboxylic acids is 3. The molecule has 0 aromatic carbocycles. The molecule has 1 saturated carbocycles. The van der Waals surface area contributed by atoms with Crippen LogP contribution in [0.3, 0.4) is 0 Å². The number of nitrogens with one attached hydrogen (secondary N) is 1. The Balaban J connectivity index is 1.84. The predicted molar refractivity (Wildman–Crippen MR) is 113 cm³/mol. The zero-order valence-corrected chi connectivity index (χ0v) is 18.7. The second-order valence-electron chi connectivity index (χ2n) is 10.1. The Morgan fingerprint density at radius 3 is 2.48 bits per heavy atom. The zero-order chi connectivity index (χ0) is 24.2. The Kier molecular flexibility index (Phi) is 4.43. The minimum Gasteiger partial charge on any atom is -0.392 e. The average molecular weight is 457 g/mol. The summed E-state index contributed by atoms with van der Waals surface area (Å²) in [5.74, 6) is -6.61. The Morgan fingerprint density at radius 2 is 1.88 bits per heavy atom. The number of hydrogen-bond donors (Lipinski definition) is 5. The predicted octanol–water partition coefficient (Wildman–Crippen LogP) is -1.55. The van der Waals surface area contributed by atoms with Gasteiger partial charge in [-0.25, -0.2) is 5.48 Å². The minimum absolute atomic E-state index is 0.0187. The molecular formula is C23H27N3O7. The molecule has 1 aliphatic heterocycles. The number of carbonyl (C=O) groups is 3. The maximum atomic E-state index is 13.5. The molecule has 1 fully saturated rings. The molecule has 0 bridgehead atoms. The molecule has 5 aliphatic rings. The first kappa shape index (κ1) is 22.0. The van der Waals surface area contributed by atoms with Crippen LogP contribution < -0.4 is 11.2 Å². The molecule has 0 radical (unpaired) electrons. The van der Waals surface area contributed by atoms with Crippen LogP contribution in [0.5, 0.6) is 0 Å². The summed E-state index contributed by atoms with van der Waals surface area (Å²) < 4.78 is 0. The van der Waals surface area contributed by atoms with Gasteiger partial charge in [-0.3, -0.25) is 19.3 Å². The van der Waals surface area contributed by atoms with Crippen molar-refractivity contribution in [1.82, 2.24) is 10.4 Å². The van der Waals surface area contributed by atoms with Gasteiger partial charge in [0.1, 0.15) is 6.10 Å². The summed E-state index contributed by atoms with van der Waals surface area (Å²) in [5, 5.41) is 34.4. The Labute approximate surface area is 190 Å². The van der Waals surface area contributed by atoms with Crippen molar-refractivity contribution in [1.29, 1.82) is 0 Å². The van der Waals surface area contributed by atoms with Gasteiger partial charge >= 0.3 is 0 Å². The number of aliphatic hydroxyl groups excluding tert-OH is 2. The first-order valence-corrected chi connectivity index (χ1v) is 10.8. The van der Waals surface area contributed by atoms with Crippen LogP contribution in [0, 0.1) is 23.2 Å². The lowest BCUT2D eigenvalue weighted by molar-refractivity contribution is -0.179. The second kappa shape index (κ2) is 6.63.